The molecule has 8 heteroatoms. The van der Waals surface area contributed by atoms with E-state index in [0.717, 1.165) is 4.57 Å². The highest BCUT2D eigenvalue weighted by molar-refractivity contribution is 5.90. The highest BCUT2D eigenvalue weighted by Crippen LogP contribution is 2.32. The van der Waals surface area contributed by atoms with Crippen molar-refractivity contribution in [1.82, 2.24) is 9.55 Å². The molecule has 0 aliphatic carbocycles. The number of aromatic carboxylic acids is 1. The fourth-order valence-corrected chi connectivity index (χ4v) is 2.09. The van der Waals surface area contributed by atoms with Crippen LogP contribution < -0.4 is 20.9 Å². The van der Waals surface area contributed by atoms with Gasteiger partial charge in [0.05, 0.1) is 6.54 Å². The molecule has 1 aromatic heterocycles. The molecule has 20 heavy (non-hydrogen) atoms. The number of rotatable bonds is 3. The zero-order chi connectivity index (χ0) is 14.3. The van der Waals surface area contributed by atoms with Crippen molar-refractivity contribution in [2.45, 2.75) is 6.54 Å². The number of fused-ring (bicyclic) bond motifs is 1. The smallest absolute Gasteiger partial charge is 0.356 e. The van der Waals surface area contributed by atoms with Crippen LogP contribution in [0.1, 0.15) is 16.1 Å². The normalized spacial score (nSPS) is 12.6. The summed E-state index contributed by atoms with van der Waals surface area (Å²) >= 11 is 0. The topological polar surface area (TPSA) is 120 Å². The molecule has 0 radical (unpaired) electrons. The first-order valence-corrected chi connectivity index (χ1v) is 5.76. The number of aromatic amines is 1. The Morgan fingerprint density at radius 1 is 1.40 bits per heavy atom. The second kappa shape index (κ2) is 4.34. The van der Waals surface area contributed by atoms with E-state index >= 15 is 0 Å². The van der Waals surface area contributed by atoms with E-state index in [1.54, 1.807) is 18.2 Å². The maximum Gasteiger partial charge on any atom is 0.356 e. The maximum atomic E-state index is 11.7. The molecular formula is C12H11N3O5. The number of carbonyl (C=O) groups is 1. The lowest BCUT2D eigenvalue weighted by Crippen LogP contribution is -2.21. The molecule has 4 N–H and O–H groups in total. The van der Waals surface area contributed by atoms with Crippen molar-refractivity contribution in [2.75, 3.05) is 12.5 Å². The molecule has 1 aromatic carbocycles. The van der Waals surface area contributed by atoms with Crippen LogP contribution in [0.25, 0.3) is 0 Å². The lowest BCUT2D eigenvalue weighted by molar-refractivity contribution is 0.0686. The Bertz CT molecular complexity index is 746. The summed E-state index contributed by atoms with van der Waals surface area (Å²) in [5, 5.41) is 9.09. The van der Waals surface area contributed by atoms with Crippen LogP contribution in [0.4, 0.5) is 5.82 Å². The van der Waals surface area contributed by atoms with E-state index in [4.69, 9.17) is 20.3 Å². The maximum absolute atomic E-state index is 11.7. The molecule has 104 valence electrons. The number of nitrogens with one attached hydrogen (secondary N) is 1. The van der Waals surface area contributed by atoms with E-state index in [1.807, 2.05) is 0 Å². The van der Waals surface area contributed by atoms with Gasteiger partial charge in [-0.15, -0.1) is 0 Å². The summed E-state index contributed by atoms with van der Waals surface area (Å²) in [6, 6.07) is 5.14. The molecule has 0 saturated carbocycles. The Morgan fingerprint density at radius 3 is 2.90 bits per heavy atom. The summed E-state index contributed by atoms with van der Waals surface area (Å²) in [5.41, 5.74) is 5.36. The zero-order valence-corrected chi connectivity index (χ0v) is 10.3. The van der Waals surface area contributed by atoms with Crippen LogP contribution in [0.15, 0.2) is 23.0 Å². The molecule has 2 heterocycles. The first kappa shape index (κ1) is 12.2. The third kappa shape index (κ3) is 1.87. The predicted octanol–water partition coefficient (Wildman–Crippen LogP) is 0.234. The second-order valence-electron chi connectivity index (χ2n) is 4.27. The van der Waals surface area contributed by atoms with E-state index in [9.17, 15) is 9.59 Å². The Labute approximate surface area is 112 Å². The number of H-pyrrole nitrogens is 1. The van der Waals surface area contributed by atoms with Crippen LogP contribution in [0.5, 0.6) is 11.5 Å². The van der Waals surface area contributed by atoms with Gasteiger partial charge in [0.25, 0.3) is 0 Å². The van der Waals surface area contributed by atoms with E-state index in [2.05, 4.69) is 4.98 Å². The molecule has 1 aliphatic heterocycles. The minimum absolute atomic E-state index is 0.0742. The molecule has 0 amide bonds. The fourth-order valence-electron chi connectivity index (χ4n) is 2.09. The predicted molar refractivity (Wildman–Crippen MR) is 68.1 cm³/mol. The van der Waals surface area contributed by atoms with Gasteiger partial charge in [0.2, 0.25) is 6.79 Å². The number of carboxylic acids is 1. The fraction of sp³-hybridized carbons (Fsp3) is 0.167. The first-order valence-electron chi connectivity index (χ1n) is 5.76. The molecule has 2 aromatic rings. The second-order valence-corrected chi connectivity index (χ2v) is 4.27. The Morgan fingerprint density at radius 2 is 2.15 bits per heavy atom. The number of ether oxygens (including phenoxy) is 2. The van der Waals surface area contributed by atoms with Gasteiger partial charge >= 0.3 is 11.7 Å². The standard InChI is InChI=1S/C12H11N3O5/c13-10-9(11(16)17)15(12(18)14-10)4-6-1-2-7-8(3-6)20-5-19-7/h1-3H,4-5,13H2,(H,14,18)(H,16,17). The highest BCUT2D eigenvalue weighted by Gasteiger charge is 2.20. The SMILES string of the molecule is Nc1[nH]c(=O)n(Cc2ccc3c(c2)OCO3)c1C(=O)O. The number of nitrogen functional groups attached to an aromatic ring is 1. The van der Waals surface area contributed by atoms with Crippen molar-refractivity contribution >= 4 is 11.8 Å². The Balaban J connectivity index is 2.00. The van der Waals surface area contributed by atoms with E-state index < -0.39 is 11.7 Å². The lowest BCUT2D eigenvalue weighted by atomic mass is 10.2. The number of anilines is 1. The van der Waals surface area contributed by atoms with Gasteiger partial charge in [-0.25, -0.2) is 9.59 Å². The van der Waals surface area contributed by atoms with Crippen LogP contribution in [0.2, 0.25) is 0 Å². The molecule has 3 rings (SSSR count). The lowest BCUT2D eigenvalue weighted by Gasteiger charge is -2.06. The van der Waals surface area contributed by atoms with Gasteiger partial charge in [0, 0.05) is 0 Å². The van der Waals surface area contributed by atoms with Crippen molar-refractivity contribution < 1.29 is 19.4 Å². The molecule has 0 spiro atoms. The molecular weight excluding hydrogens is 266 g/mol. The number of hydrogen-bond donors (Lipinski definition) is 3. The number of carboxylic acid groups (broad SMARTS) is 1. The number of nitrogens with zero attached hydrogens (tertiary/aromatic N) is 1. The van der Waals surface area contributed by atoms with Crippen molar-refractivity contribution in [1.29, 1.82) is 0 Å². The summed E-state index contributed by atoms with van der Waals surface area (Å²) in [6.07, 6.45) is 0. The van der Waals surface area contributed by atoms with Crippen molar-refractivity contribution in [3.63, 3.8) is 0 Å². The average Bonchev–Trinajstić information content (AvgIpc) is 2.94. The van der Waals surface area contributed by atoms with Crippen LogP contribution >= 0.6 is 0 Å². The monoisotopic (exact) mass is 277 g/mol. The summed E-state index contributed by atoms with van der Waals surface area (Å²) in [7, 11) is 0. The van der Waals surface area contributed by atoms with E-state index in [-0.39, 0.29) is 24.8 Å². The van der Waals surface area contributed by atoms with Gasteiger partial charge in [-0.05, 0) is 17.7 Å². The molecule has 0 saturated heterocycles. The number of hydrogen-bond acceptors (Lipinski definition) is 5. The summed E-state index contributed by atoms with van der Waals surface area (Å²) in [6.45, 7) is 0.223. The van der Waals surface area contributed by atoms with Crippen LogP contribution in [-0.4, -0.2) is 27.4 Å². The van der Waals surface area contributed by atoms with Crippen LogP contribution in [0, 0.1) is 0 Å². The van der Waals surface area contributed by atoms with Gasteiger partial charge in [-0.2, -0.15) is 0 Å². The minimum atomic E-state index is -1.26. The van der Waals surface area contributed by atoms with Crippen LogP contribution in [-0.2, 0) is 6.54 Å². The molecule has 0 unspecified atom stereocenters. The van der Waals surface area contributed by atoms with E-state index in [0.29, 0.717) is 17.1 Å². The summed E-state index contributed by atoms with van der Waals surface area (Å²) < 4.78 is 11.5. The third-order valence-electron chi connectivity index (χ3n) is 2.99. The molecule has 0 bridgehead atoms. The minimum Gasteiger partial charge on any atom is -0.476 e. The van der Waals surface area contributed by atoms with Gasteiger partial charge in [-0.1, -0.05) is 6.07 Å². The first-order chi connectivity index (χ1) is 9.56. The largest absolute Gasteiger partial charge is 0.476 e. The van der Waals surface area contributed by atoms with Gasteiger partial charge in [0.1, 0.15) is 5.82 Å². The molecule has 1 aliphatic rings. The molecule has 0 fully saturated rings. The van der Waals surface area contributed by atoms with Crippen molar-refractivity contribution in [2.24, 2.45) is 0 Å². The van der Waals surface area contributed by atoms with Gasteiger partial charge < -0.3 is 20.3 Å². The Hall–Kier alpha value is -2.90. The Kier molecular flexibility index (Phi) is 2.63. The van der Waals surface area contributed by atoms with Crippen molar-refractivity contribution in [3.05, 3.63) is 39.9 Å². The van der Waals surface area contributed by atoms with Crippen molar-refractivity contribution in [3.8, 4) is 11.5 Å². The molecule has 8 nitrogen and oxygen atoms in total. The molecule has 0 atom stereocenters. The quantitative estimate of drug-likeness (QED) is 0.739. The number of nitrogens with two attached hydrogens (primary N) is 1. The number of benzene rings is 1. The van der Waals surface area contributed by atoms with Crippen LogP contribution in [0.3, 0.4) is 0 Å². The highest BCUT2D eigenvalue weighted by atomic mass is 16.7. The summed E-state index contributed by atoms with van der Waals surface area (Å²) in [4.78, 5) is 25.1. The number of aromatic nitrogens is 2. The van der Waals surface area contributed by atoms with Gasteiger partial charge in [0.15, 0.2) is 17.2 Å². The third-order valence-corrected chi connectivity index (χ3v) is 2.99. The summed E-state index contributed by atoms with van der Waals surface area (Å²) in [5.74, 6) is -0.242. The zero-order valence-electron chi connectivity index (χ0n) is 10.3. The average molecular weight is 277 g/mol. The van der Waals surface area contributed by atoms with E-state index in [1.165, 1.54) is 0 Å². The van der Waals surface area contributed by atoms with Gasteiger partial charge in [-0.3, -0.25) is 9.55 Å². The number of imidazole rings is 1.